The van der Waals surface area contributed by atoms with Gasteiger partial charge in [0.15, 0.2) is 17.2 Å². The molecule has 1 aliphatic heterocycles. The zero-order valence-corrected chi connectivity index (χ0v) is 20.0. The van der Waals surface area contributed by atoms with E-state index in [2.05, 4.69) is 11.1 Å². The van der Waals surface area contributed by atoms with Gasteiger partial charge in [-0.15, -0.1) is 17.0 Å². The molecule has 0 amide bonds. The molecule has 4 rings (SSSR count). The highest BCUT2D eigenvalue weighted by Gasteiger charge is 2.37. The third kappa shape index (κ3) is 4.36. The van der Waals surface area contributed by atoms with Crippen LogP contribution in [-0.2, 0) is 0 Å². The van der Waals surface area contributed by atoms with Crippen molar-refractivity contribution in [3.05, 3.63) is 41.1 Å². The minimum Gasteiger partial charge on any atom is -0.493 e. The van der Waals surface area contributed by atoms with E-state index in [1.807, 2.05) is 19.1 Å². The molecule has 0 radical (unpaired) electrons. The van der Waals surface area contributed by atoms with Crippen LogP contribution in [0.15, 0.2) is 29.4 Å². The Balaban J connectivity index is 0.00000272. The number of fused-ring (bicyclic) bond motifs is 3. The van der Waals surface area contributed by atoms with Crippen LogP contribution in [0.2, 0.25) is 0 Å². The average Bonchev–Trinajstić information content (AvgIpc) is 2.78. The van der Waals surface area contributed by atoms with Crippen LogP contribution in [0.5, 0.6) is 23.1 Å². The standard InChI is InChI=1S/C23H28N2O5.BrH/c1-5-30-20-10-15-16-9-14(26)6-7-18(16)25-22(17(15)11-19(20)27-2)13-8-21(28-3)23(29-4)24-12-13;/h8,10-12,14,16,18,26H,5-7,9H2,1-4H3;1H/t14-,16-,18-;/m1./s1. The van der Waals surface area contributed by atoms with Crippen molar-refractivity contribution in [2.24, 2.45) is 4.99 Å². The third-order valence-corrected chi connectivity index (χ3v) is 5.88. The van der Waals surface area contributed by atoms with E-state index in [9.17, 15) is 5.11 Å². The summed E-state index contributed by atoms with van der Waals surface area (Å²) < 4.78 is 22.2. The van der Waals surface area contributed by atoms with Gasteiger partial charge in [-0.2, -0.15) is 0 Å². The monoisotopic (exact) mass is 492 g/mol. The van der Waals surface area contributed by atoms with Crippen LogP contribution < -0.4 is 18.9 Å². The van der Waals surface area contributed by atoms with Crippen LogP contribution in [0.25, 0.3) is 0 Å². The topological polar surface area (TPSA) is 82.4 Å². The molecule has 1 aromatic carbocycles. The molecule has 168 valence electrons. The maximum Gasteiger partial charge on any atom is 0.256 e. The lowest BCUT2D eigenvalue weighted by Crippen LogP contribution is -2.34. The van der Waals surface area contributed by atoms with Gasteiger partial charge in [0.1, 0.15) is 0 Å². The van der Waals surface area contributed by atoms with Crippen molar-refractivity contribution in [1.29, 1.82) is 0 Å². The Morgan fingerprint density at radius 1 is 1.00 bits per heavy atom. The first-order valence-electron chi connectivity index (χ1n) is 10.3. The second-order valence-electron chi connectivity index (χ2n) is 7.58. The Morgan fingerprint density at radius 3 is 2.45 bits per heavy atom. The lowest BCUT2D eigenvalue weighted by molar-refractivity contribution is 0.111. The largest absolute Gasteiger partial charge is 0.493 e. The molecular formula is C23H29BrN2O5. The average molecular weight is 493 g/mol. The van der Waals surface area contributed by atoms with Crippen molar-refractivity contribution in [3.63, 3.8) is 0 Å². The predicted molar refractivity (Wildman–Crippen MR) is 124 cm³/mol. The number of aliphatic imine (C=N–C) groups is 1. The highest BCUT2D eigenvalue weighted by molar-refractivity contribution is 8.93. The molecule has 1 fully saturated rings. The fourth-order valence-electron chi connectivity index (χ4n) is 4.46. The van der Waals surface area contributed by atoms with Crippen LogP contribution in [0.3, 0.4) is 0 Å². The number of methoxy groups -OCH3 is 3. The first-order chi connectivity index (χ1) is 14.6. The zero-order valence-electron chi connectivity index (χ0n) is 18.3. The molecule has 8 heteroatoms. The molecule has 7 nitrogen and oxygen atoms in total. The number of halogens is 1. The lowest BCUT2D eigenvalue weighted by atomic mass is 9.74. The van der Waals surface area contributed by atoms with E-state index in [1.54, 1.807) is 27.5 Å². The molecule has 0 bridgehead atoms. The molecule has 1 aromatic heterocycles. The maximum atomic E-state index is 10.3. The van der Waals surface area contributed by atoms with E-state index in [0.717, 1.165) is 35.2 Å². The highest BCUT2D eigenvalue weighted by Crippen LogP contribution is 2.45. The highest BCUT2D eigenvalue weighted by atomic mass is 79.9. The minimum atomic E-state index is -0.309. The van der Waals surface area contributed by atoms with Crippen molar-refractivity contribution in [2.45, 2.75) is 44.2 Å². The van der Waals surface area contributed by atoms with Gasteiger partial charge in [-0.05, 0) is 49.9 Å². The number of hydrogen-bond donors (Lipinski definition) is 1. The molecule has 2 aliphatic rings. The number of rotatable bonds is 6. The summed E-state index contributed by atoms with van der Waals surface area (Å²) in [5.74, 6) is 2.50. The smallest absolute Gasteiger partial charge is 0.256 e. The summed E-state index contributed by atoms with van der Waals surface area (Å²) >= 11 is 0. The summed E-state index contributed by atoms with van der Waals surface area (Å²) in [6.07, 6.45) is 3.73. The van der Waals surface area contributed by atoms with E-state index in [4.69, 9.17) is 23.9 Å². The molecule has 1 N–H and O–H groups in total. The fraction of sp³-hybridized carbons (Fsp3) is 0.478. The Bertz CT molecular complexity index is 965. The first-order valence-corrected chi connectivity index (χ1v) is 10.3. The number of hydrogen-bond acceptors (Lipinski definition) is 7. The molecular weight excluding hydrogens is 464 g/mol. The number of aliphatic hydroxyl groups excluding tert-OH is 1. The van der Waals surface area contributed by atoms with Gasteiger partial charge in [0, 0.05) is 23.2 Å². The number of nitrogens with zero attached hydrogens (tertiary/aromatic N) is 2. The molecule has 2 heterocycles. The van der Waals surface area contributed by atoms with Gasteiger partial charge in [0.2, 0.25) is 0 Å². The van der Waals surface area contributed by atoms with Crippen LogP contribution in [-0.4, -0.2) is 55.9 Å². The normalized spacial score (nSPS) is 21.7. The molecule has 0 unspecified atom stereocenters. The van der Waals surface area contributed by atoms with E-state index < -0.39 is 0 Å². The molecule has 2 aromatic rings. The van der Waals surface area contributed by atoms with Crippen LogP contribution in [0, 0.1) is 0 Å². The Kier molecular flexibility index (Phi) is 7.43. The van der Waals surface area contributed by atoms with Gasteiger partial charge < -0.3 is 24.1 Å². The van der Waals surface area contributed by atoms with Gasteiger partial charge in [-0.3, -0.25) is 4.99 Å². The third-order valence-electron chi connectivity index (χ3n) is 5.88. The van der Waals surface area contributed by atoms with Crippen molar-refractivity contribution >= 4 is 22.7 Å². The Morgan fingerprint density at radius 2 is 1.77 bits per heavy atom. The summed E-state index contributed by atoms with van der Waals surface area (Å²) in [7, 11) is 4.79. The van der Waals surface area contributed by atoms with E-state index in [-0.39, 0.29) is 35.0 Å². The number of pyridine rings is 1. The Hall–Kier alpha value is -2.32. The molecule has 31 heavy (non-hydrogen) atoms. The number of aliphatic hydroxyl groups is 1. The summed E-state index contributed by atoms with van der Waals surface area (Å²) in [4.78, 5) is 9.50. The quantitative estimate of drug-likeness (QED) is 0.657. The zero-order chi connectivity index (χ0) is 21.3. The van der Waals surface area contributed by atoms with Gasteiger partial charge in [0.25, 0.3) is 5.88 Å². The van der Waals surface area contributed by atoms with Crippen molar-refractivity contribution in [2.75, 3.05) is 27.9 Å². The van der Waals surface area contributed by atoms with E-state index >= 15 is 0 Å². The van der Waals surface area contributed by atoms with Gasteiger partial charge in [-0.1, -0.05) is 0 Å². The van der Waals surface area contributed by atoms with E-state index in [1.165, 1.54) is 0 Å². The van der Waals surface area contributed by atoms with Crippen LogP contribution >= 0.6 is 17.0 Å². The fourth-order valence-corrected chi connectivity index (χ4v) is 4.46. The SMILES string of the molecule is Br.CCOc1cc2c(cc1OC)C(c1cnc(OC)c(OC)c1)=N[C@@H]1CC[C@@H](O)C[C@H]21. The van der Waals surface area contributed by atoms with Gasteiger partial charge in [-0.25, -0.2) is 4.98 Å². The van der Waals surface area contributed by atoms with Gasteiger partial charge >= 0.3 is 0 Å². The second kappa shape index (κ2) is 9.87. The number of aromatic nitrogens is 1. The van der Waals surface area contributed by atoms with Crippen LogP contribution in [0.1, 0.15) is 48.8 Å². The van der Waals surface area contributed by atoms with Crippen molar-refractivity contribution < 1.29 is 24.1 Å². The summed E-state index contributed by atoms with van der Waals surface area (Å²) in [6.45, 7) is 2.50. The van der Waals surface area contributed by atoms with Crippen molar-refractivity contribution in [3.8, 4) is 23.1 Å². The molecule has 0 saturated heterocycles. The number of benzene rings is 1. The minimum absolute atomic E-state index is 0. The van der Waals surface area contributed by atoms with Crippen molar-refractivity contribution in [1.82, 2.24) is 4.98 Å². The number of ether oxygens (including phenoxy) is 4. The summed E-state index contributed by atoms with van der Waals surface area (Å²) in [5.41, 5.74) is 3.80. The predicted octanol–water partition coefficient (Wildman–Crippen LogP) is 3.93. The van der Waals surface area contributed by atoms with E-state index in [0.29, 0.717) is 36.2 Å². The molecule has 1 saturated carbocycles. The van der Waals surface area contributed by atoms with Crippen LogP contribution in [0.4, 0.5) is 0 Å². The van der Waals surface area contributed by atoms with Gasteiger partial charge in [0.05, 0.1) is 45.8 Å². The second-order valence-corrected chi connectivity index (χ2v) is 7.58. The molecule has 1 aliphatic carbocycles. The molecule has 3 atom stereocenters. The lowest BCUT2D eigenvalue weighted by Gasteiger charge is -2.37. The molecule has 0 spiro atoms. The first kappa shape index (κ1) is 23.3. The summed E-state index contributed by atoms with van der Waals surface area (Å²) in [5, 5.41) is 10.3. The maximum absolute atomic E-state index is 10.3. The Labute approximate surface area is 193 Å². The summed E-state index contributed by atoms with van der Waals surface area (Å²) in [6, 6.07) is 6.03.